The minimum Gasteiger partial charge on any atom is -0.461 e. The smallest absolute Gasteiger partial charge is 0.306 e. The van der Waals surface area contributed by atoms with Gasteiger partial charge in [0.05, 0.1) is 5.25 Å². The van der Waals surface area contributed by atoms with Crippen molar-refractivity contribution in [2.24, 2.45) is 0 Å². The Labute approximate surface area is 129 Å². The molecule has 114 valence electrons. The maximum absolute atomic E-state index is 11.9. The molecule has 1 unspecified atom stereocenters. The minimum absolute atomic E-state index is 0.00731. The van der Waals surface area contributed by atoms with Gasteiger partial charge in [-0.3, -0.25) is 9.59 Å². The van der Waals surface area contributed by atoms with Crippen LogP contribution < -0.4 is 0 Å². The summed E-state index contributed by atoms with van der Waals surface area (Å²) in [6, 6.07) is 7.86. The Morgan fingerprint density at radius 3 is 2.95 bits per heavy atom. The molecule has 0 saturated carbocycles. The monoisotopic (exact) mass is 307 g/mol. The number of hydrogen-bond acceptors (Lipinski definition) is 4. The van der Waals surface area contributed by atoms with Crippen molar-refractivity contribution in [1.29, 1.82) is 0 Å². The van der Waals surface area contributed by atoms with Crippen LogP contribution in [0.3, 0.4) is 0 Å². The fourth-order valence-electron chi connectivity index (χ4n) is 2.21. The van der Waals surface area contributed by atoms with E-state index in [9.17, 15) is 9.59 Å². The van der Waals surface area contributed by atoms with Crippen LogP contribution in [0.15, 0.2) is 29.2 Å². The zero-order chi connectivity index (χ0) is 15.2. The second-order valence-electron chi connectivity index (χ2n) is 5.21. The second kappa shape index (κ2) is 7.50. The van der Waals surface area contributed by atoms with Gasteiger partial charge in [0.1, 0.15) is 6.61 Å². The number of carbonyl (C=O) groups excluding carboxylic acids is 2. The predicted octanol–water partition coefficient (Wildman–Crippen LogP) is 2.85. The summed E-state index contributed by atoms with van der Waals surface area (Å²) >= 11 is 1.59. The van der Waals surface area contributed by atoms with Gasteiger partial charge in [0, 0.05) is 24.9 Å². The molecule has 4 nitrogen and oxygen atoms in total. The summed E-state index contributed by atoms with van der Waals surface area (Å²) in [6.45, 7) is 3.07. The molecule has 0 aromatic heterocycles. The zero-order valence-corrected chi connectivity index (χ0v) is 13.3. The van der Waals surface area contributed by atoms with E-state index in [1.807, 2.05) is 38.2 Å². The molecule has 0 radical (unpaired) electrons. The second-order valence-corrected chi connectivity index (χ2v) is 6.49. The number of rotatable bonds is 6. The van der Waals surface area contributed by atoms with Crippen LogP contribution in [-0.4, -0.2) is 35.6 Å². The summed E-state index contributed by atoms with van der Waals surface area (Å²) in [7, 11) is 1.84. The molecular formula is C16H21NO3S. The van der Waals surface area contributed by atoms with Crippen molar-refractivity contribution >= 4 is 23.6 Å². The van der Waals surface area contributed by atoms with E-state index in [0.29, 0.717) is 13.0 Å². The quantitative estimate of drug-likeness (QED) is 0.758. The number of ether oxygens (including phenoxy) is 1. The molecule has 2 rings (SSSR count). The molecule has 1 aromatic carbocycles. The number of carbonyl (C=O) groups is 2. The maximum atomic E-state index is 11.9. The normalized spacial score (nSPS) is 18.1. The number of likely N-dealkylation sites (tertiary alicyclic amines) is 1. The Balaban J connectivity index is 1.92. The number of amides is 1. The molecule has 1 fully saturated rings. The first-order valence-corrected chi connectivity index (χ1v) is 8.14. The molecule has 1 saturated heterocycles. The Hall–Kier alpha value is -1.49. The van der Waals surface area contributed by atoms with Gasteiger partial charge in [-0.2, -0.15) is 0 Å². The molecule has 1 aliphatic rings. The van der Waals surface area contributed by atoms with E-state index >= 15 is 0 Å². The summed E-state index contributed by atoms with van der Waals surface area (Å²) in [4.78, 5) is 26.1. The van der Waals surface area contributed by atoms with Crippen LogP contribution in [0.2, 0.25) is 0 Å². The lowest BCUT2D eigenvalue weighted by molar-refractivity contribution is -0.145. The molecule has 1 atom stereocenters. The standard InChI is InChI=1S/C16H21NO3S/c1-3-5-15(18)20-11-12-6-4-7-13(10-12)21-14-8-9-17(2)16(14)19/h4,6-7,10,14H,3,5,8-9,11H2,1-2H3. The molecular weight excluding hydrogens is 286 g/mol. The molecule has 21 heavy (non-hydrogen) atoms. The zero-order valence-electron chi connectivity index (χ0n) is 12.5. The van der Waals surface area contributed by atoms with Gasteiger partial charge in [-0.15, -0.1) is 11.8 Å². The van der Waals surface area contributed by atoms with Crippen LogP contribution in [-0.2, 0) is 20.9 Å². The summed E-state index contributed by atoms with van der Waals surface area (Å²) in [5.74, 6) is 0.0305. The van der Waals surface area contributed by atoms with Crippen molar-refractivity contribution in [3.8, 4) is 0 Å². The number of nitrogens with zero attached hydrogens (tertiary/aromatic N) is 1. The lowest BCUT2D eigenvalue weighted by Crippen LogP contribution is -2.23. The van der Waals surface area contributed by atoms with Crippen molar-refractivity contribution in [3.05, 3.63) is 29.8 Å². The van der Waals surface area contributed by atoms with Crippen LogP contribution >= 0.6 is 11.8 Å². The van der Waals surface area contributed by atoms with E-state index in [0.717, 1.165) is 29.8 Å². The third-order valence-electron chi connectivity index (χ3n) is 3.41. The van der Waals surface area contributed by atoms with E-state index in [-0.39, 0.29) is 17.1 Å². The molecule has 1 heterocycles. The van der Waals surface area contributed by atoms with Gasteiger partial charge < -0.3 is 9.64 Å². The van der Waals surface area contributed by atoms with Crippen molar-refractivity contribution in [3.63, 3.8) is 0 Å². The summed E-state index contributed by atoms with van der Waals surface area (Å²) in [5, 5.41) is 0.00731. The summed E-state index contributed by atoms with van der Waals surface area (Å²) in [6.07, 6.45) is 2.14. The fraction of sp³-hybridized carbons (Fsp3) is 0.500. The fourth-order valence-corrected chi connectivity index (χ4v) is 3.42. The number of hydrogen-bond donors (Lipinski definition) is 0. The Bertz CT molecular complexity index is 518. The maximum Gasteiger partial charge on any atom is 0.306 e. The Kier molecular flexibility index (Phi) is 5.67. The highest BCUT2D eigenvalue weighted by atomic mass is 32.2. The van der Waals surface area contributed by atoms with Gasteiger partial charge in [0.25, 0.3) is 0 Å². The third-order valence-corrected chi connectivity index (χ3v) is 4.66. The van der Waals surface area contributed by atoms with Gasteiger partial charge >= 0.3 is 5.97 Å². The highest BCUT2D eigenvalue weighted by Crippen LogP contribution is 2.30. The van der Waals surface area contributed by atoms with E-state index in [2.05, 4.69) is 0 Å². The molecule has 0 aliphatic carbocycles. The third kappa shape index (κ3) is 4.49. The van der Waals surface area contributed by atoms with Crippen molar-refractivity contribution in [2.75, 3.05) is 13.6 Å². The number of esters is 1. The molecule has 0 spiro atoms. The van der Waals surface area contributed by atoms with Crippen LogP contribution in [0.1, 0.15) is 31.7 Å². The number of thioether (sulfide) groups is 1. The molecule has 0 N–H and O–H groups in total. The average Bonchev–Trinajstić information content (AvgIpc) is 2.78. The topological polar surface area (TPSA) is 46.6 Å². The number of benzene rings is 1. The molecule has 1 amide bonds. The van der Waals surface area contributed by atoms with Gasteiger partial charge in [-0.25, -0.2) is 0 Å². The average molecular weight is 307 g/mol. The summed E-state index contributed by atoms with van der Waals surface area (Å²) in [5.41, 5.74) is 0.961. The summed E-state index contributed by atoms with van der Waals surface area (Å²) < 4.78 is 5.21. The first-order chi connectivity index (χ1) is 10.1. The van der Waals surface area contributed by atoms with E-state index in [1.54, 1.807) is 16.7 Å². The van der Waals surface area contributed by atoms with Crippen molar-refractivity contribution in [2.45, 2.75) is 42.9 Å². The molecule has 5 heteroatoms. The lowest BCUT2D eigenvalue weighted by Gasteiger charge is -2.11. The predicted molar refractivity (Wildman–Crippen MR) is 83.0 cm³/mol. The first kappa shape index (κ1) is 15.9. The van der Waals surface area contributed by atoms with E-state index in [4.69, 9.17) is 4.74 Å². The minimum atomic E-state index is -0.164. The Morgan fingerprint density at radius 1 is 1.48 bits per heavy atom. The van der Waals surface area contributed by atoms with Gasteiger partial charge in [0.2, 0.25) is 5.91 Å². The van der Waals surface area contributed by atoms with Crippen LogP contribution in [0.5, 0.6) is 0 Å². The largest absolute Gasteiger partial charge is 0.461 e. The lowest BCUT2D eigenvalue weighted by atomic mass is 10.2. The van der Waals surface area contributed by atoms with Crippen LogP contribution in [0.25, 0.3) is 0 Å². The highest BCUT2D eigenvalue weighted by Gasteiger charge is 2.29. The van der Waals surface area contributed by atoms with Crippen LogP contribution in [0, 0.1) is 0 Å². The SMILES string of the molecule is CCCC(=O)OCc1cccc(SC2CCN(C)C2=O)c1. The molecule has 1 aliphatic heterocycles. The van der Waals surface area contributed by atoms with E-state index in [1.165, 1.54) is 0 Å². The van der Waals surface area contributed by atoms with Crippen molar-refractivity contribution < 1.29 is 14.3 Å². The molecule has 1 aromatic rings. The van der Waals surface area contributed by atoms with Gasteiger partial charge in [-0.05, 0) is 30.5 Å². The van der Waals surface area contributed by atoms with Gasteiger partial charge in [-0.1, -0.05) is 19.1 Å². The van der Waals surface area contributed by atoms with Gasteiger partial charge in [0.15, 0.2) is 0 Å². The Morgan fingerprint density at radius 2 is 2.29 bits per heavy atom. The van der Waals surface area contributed by atoms with Crippen molar-refractivity contribution in [1.82, 2.24) is 4.90 Å². The van der Waals surface area contributed by atoms with Crippen LogP contribution in [0.4, 0.5) is 0 Å². The van der Waals surface area contributed by atoms with E-state index < -0.39 is 0 Å². The first-order valence-electron chi connectivity index (χ1n) is 7.26. The molecule has 0 bridgehead atoms. The highest BCUT2D eigenvalue weighted by molar-refractivity contribution is 8.00.